The molecule has 48 heavy (non-hydrogen) atoms. The summed E-state index contributed by atoms with van der Waals surface area (Å²) >= 11 is 0. The van der Waals surface area contributed by atoms with Gasteiger partial charge in [0.05, 0.1) is 12.2 Å². The quantitative estimate of drug-likeness (QED) is 0.0740. The molecule has 7 heteroatoms. The van der Waals surface area contributed by atoms with Gasteiger partial charge in [0.2, 0.25) is 16.6 Å². The Labute approximate surface area is 299 Å². The van der Waals surface area contributed by atoms with E-state index in [1.54, 1.807) is 5.57 Å². The van der Waals surface area contributed by atoms with Crippen molar-refractivity contribution in [1.82, 2.24) is 0 Å². The van der Waals surface area contributed by atoms with Gasteiger partial charge in [0, 0.05) is 17.9 Å². The second-order valence-corrected chi connectivity index (χ2v) is 29.0. The van der Waals surface area contributed by atoms with Gasteiger partial charge in [-0.15, -0.1) is 0 Å². The number of hydrogen-bond acceptors (Lipinski definition) is 3. The van der Waals surface area contributed by atoms with Gasteiger partial charge in [-0.3, -0.25) is 0 Å². The highest BCUT2D eigenvalue weighted by Crippen LogP contribution is 2.60. The SMILES string of the molecule is C=C1C(=CC=C2CCC[C@]3(C)[C@@H]([C@H](C)CCN=[N+]=[N-])CC[C@@H]23)C[C@@H](O[Si](C(C)C)(C(C)C)C(C)C)C[C@@H]1O[Si](C(C)C)(C(C)C)C(C)C. The van der Waals surface area contributed by atoms with Gasteiger partial charge < -0.3 is 8.85 Å². The fraction of sp³-hybridized carbons (Fsp3) is 0.854. The summed E-state index contributed by atoms with van der Waals surface area (Å²) in [6.45, 7) is 39.2. The highest BCUT2D eigenvalue weighted by molar-refractivity contribution is 6.78. The van der Waals surface area contributed by atoms with Gasteiger partial charge in [-0.25, -0.2) is 0 Å². The third-order valence-corrected chi connectivity index (χ3v) is 26.1. The zero-order valence-corrected chi connectivity index (χ0v) is 35.7. The number of allylic oxidation sites excluding steroid dienone is 3. The maximum Gasteiger partial charge on any atom is 0.201 e. The van der Waals surface area contributed by atoms with Crippen LogP contribution in [-0.4, -0.2) is 35.4 Å². The van der Waals surface area contributed by atoms with Crippen molar-refractivity contribution in [3.8, 4) is 0 Å². The molecule has 0 aromatic heterocycles. The van der Waals surface area contributed by atoms with Crippen molar-refractivity contribution in [1.29, 1.82) is 0 Å². The Morgan fingerprint density at radius 1 is 0.854 bits per heavy atom. The Kier molecular flexibility index (Phi) is 14.6. The first kappa shape index (κ1) is 41.3. The van der Waals surface area contributed by atoms with Crippen LogP contribution in [0.4, 0.5) is 0 Å². The van der Waals surface area contributed by atoms with Crippen LogP contribution >= 0.6 is 0 Å². The van der Waals surface area contributed by atoms with Gasteiger partial charge in [0.15, 0.2) is 0 Å². The van der Waals surface area contributed by atoms with Crippen LogP contribution in [0.5, 0.6) is 0 Å². The molecule has 0 aromatic carbocycles. The van der Waals surface area contributed by atoms with Crippen molar-refractivity contribution in [3.05, 3.63) is 45.9 Å². The second-order valence-electron chi connectivity index (χ2n) is 18.2. The van der Waals surface area contributed by atoms with Crippen LogP contribution in [-0.2, 0) is 8.85 Å². The third kappa shape index (κ3) is 8.17. The lowest BCUT2D eigenvalue weighted by Crippen LogP contribution is -2.54. The zero-order valence-electron chi connectivity index (χ0n) is 33.7. The maximum absolute atomic E-state index is 8.82. The van der Waals surface area contributed by atoms with Crippen LogP contribution in [0.3, 0.4) is 0 Å². The summed E-state index contributed by atoms with van der Waals surface area (Å²) in [5.74, 6) is 1.91. The Bertz CT molecular complexity index is 1150. The Hall–Kier alpha value is -1.12. The van der Waals surface area contributed by atoms with Gasteiger partial charge >= 0.3 is 0 Å². The summed E-state index contributed by atoms with van der Waals surface area (Å²) in [5.41, 5.74) is 16.6. The van der Waals surface area contributed by atoms with Crippen LogP contribution < -0.4 is 0 Å². The standard InChI is InChI=1S/C41H75N3O2Si2/c1-27(2)47(28(3)4,29(5)6)45-37-25-36(34(14)40(26-37)46-48(30(7)8,31(9)10)32(11)12)19-18-35-17-16-23-41(15)38(20-21-39(35)41)33(13)22-24-43-44-42/h18-19,27-33,37-40H,14,16-17,20-26H2,1-13,15H3/t33-,37-,38-,39+,40+,41-/m1/s1. The fourth-order valence-corrected chi connectivity index (χ4v) is 22.8. The van der Waals surface area contributed by atoms with Crippen LogP contribution in [0.25, 0.3) is 10.4 Å². The number of fused-ring (bicyclic) bond motifs is 1. The van der Waals surface area contributed by atoms with Crippen LogP contribution in [0.15, 0.2) is 40.6 Å². The lowest BCUT2D eigenvalue weighted by Gasteiger charge is -2.49. The summed E-state index contributed by atoms with van der Waals surface area (Å²) in [5, 5.41) is 3.86. The highest BCUT2D eigenvalue weighted by Gasteiger charge is 2.52. The van der Waals surface area contributed by atoms with E-state index in [9.17, 15) is 0 Å². The van der Waals surface area contributed by atoms with E-state index in [0.717, 1.165) is 19.3 Å². The summed E-state index contributed by atoms with van der Waals surface area (Å²) in [7, 11) is -4.20. The smallest absolute Gasteiger partial charge is 0.201 e. The largest absolute Gasteiger partial charge is 0.413 e. The van der Waals surface area contributed by atoms with E-state index in [1.807, 2.05) is 0 Å². The third-order valence-electron chi connectivity index (χ3n) is 13.8. The molecule has 274 valence electrons. The molecule has 0 radical (unpaired) electrons. The average Bonchev–Trinajstić information content (AvgIpc) is 3.35. The van der Waals surface area contributed by atoms with Gasteiger partial charge in [-0.1, -0.05) is 126 Å². The summed E-state index contributed by atoms with van der Waals surface area (Å²) in [6, 6.07) is 0. The van der Waals surface area contributed by atoms with E-state index < -0.39 is 16.6 Å². The molecule has 5 nitrogen and oxygen atoms in total. The average molecular weight is 698 g/mol. The first-order valence-electron chi connectivity index (χ1n) is 19.8. The van der Waals surface area contributed by atoms with E-state index in [-0.39, 0.29) is 12.2 Å². The van der Waals surface area contributed by atoms with Gasteiger partial charge in [0.1, 0.15) is 0 Å². The normalized spacial score (nSPS) is 29.6. The van der Waals surface area contributed by atoms with Crippen LogP contribution in [0.2, 0.25) is 33.2 Å². The minimum absolute atomic E-state index is 0.00913. The molecular formula is C41H75N3O2Si2. The van der Waals surface area contributed by atoms with E-state index in [1.165, 1.54) is 43.3 Å². The van der Waals surface area contributed by atoms with Crippen molar-refractivity contribution in [2.24, 2.45) is 28.3 Å². The minimum Gasteiger partial charge on any atom is -0.413 e. The molecule has 0 saturated heterocycles. The molecule has 3 saturated carbocycles. The lowest BCUT2D eigenvalue weighted by atomic mass is 9.61. The molecule has 0 bridgehead atoms. The molecule has 0 spiro atoms. The van der Waals surface area contributed by atoms with Crippen LogP contribution in [0, 0.1) is 23.2 Å². The monoisotopic (exact) mass is 698 g/mol. The molecule has 3 rings (SSSR count). The predicted octanol–water partition coefficient (Wildman–Crippen LogP) is 13.9. The molecule has 0 N–H and O–H groups in total. The lowest BCUT2D eigenvalue weighted by molar-refractivity contribution is 0.0911. The number of rotatable bonds is 15. The molecule has 0 unspecified atom stereocenters. The molecule has 0 amide bonds. The molecule has 0 aromatic rings. The predicted molar refractivity (Wildman–Crippen MR) is 212 cm³/mol. The van der Waals surface area contributed by atoms with Crippen molar-refractivity contribution < 1.29 is 8.85 Å². The Morgan fingerprint density at radius 3 is 1.92 bits per heavy atom. The number of azide groups is 1. The molecule has 3 aliphatic carbocycles. The van der Waals surface area contributed by atoms with E-state index >= 15 is 0 Å². The van der Waals surface area contributed by atoms with Gasteiger partial charge in [-0.2, -0.15) is 0 Å². The topological polar surface area (TPSA) is 67.2 Å². The maximum atomic E-state index is 8.82. The van der Waals surface area contributed by atoms with E-state index in [0.29, 0.717) is 63.0 Å². The second kappa shape index (κ2) is 16.9. The Morgan fingerprint density at radius 2 is 1.40 bits per heavy atom. The summed E-state index contributed by atoms with van der Waals surface area (Å²) in [4.78, 5) is 3.01. The Balaban J connectivity index is 2.03. The van der Waals surface area contributed by atoms with Crippen molar-refractivity contribution >= 4 is 16.6 Å². The first-order chi connectivity index (χ1) is 22.4. The van der Waals surface area contributed by atoms with Gasteiger partial charge in [-0.05, 0) is 118 Å². The summed E-state index contributed by atoms with van der Waals surface area (Å²) in [6.07, 6.45) is 14.3. The number of nitrogens with zero attached hydrogens (tertiary/aromatic N) is 3. The molecule has 0 heterocycles. The van der Waals surface area contributed by atoms with E-state index in [4.69, 9.17) is 21.0 Å². The van der Waals surface area contributed by atoms with Crippen LogP contribution in [0.1, 0.15) is 148 Å². The van der Waals surface area contributed by atoms with E-state index in [2.05, 4.69) is 119 Å². The molecule has 3 fully saturated rings. The van der Waals surface area contributed by atoms with Crippen molar-refractivity contribution in [2.75, 3.05) is 6.54 Å². The van der Waals surface area contributed by atoms with Crippen molar-refractivity contribution in [3.63, 3.8) is 0 Å². The zero-order chi connectivity index (χ0) is 36.2. The first-order valence-corrected chi connectivity index (χ1v) is 24.1. The molecule has 6 atom stereocenters. The number of hydrogen-bond donors (Lipinski definition) is 0. The molecule has 3 aliphatic rings. The minimum atomic E-state index is -2.13. The highest BCUT2D eigenvalue weighted by atomic mass is 28.4. The molecular weight excluding hydrogens is 623 g/mol. The molecule has 0 aliphatic heterocycles. The van der Waals surface area contributed by atoms with Crippen molar-refractivity contribution in [2.45, 2.75) is 194 Å². The van der Waals surface area contributed by atoms with Gasteiger partial charge in [0.25, 0.3) is 0 Å². The fourth-order valence-electron chi connectivity index (χ4n) is 11.7. The summed E-state index contributed by atoms with van der Waals surface area (Å²) < 4.78 is 15.1.